The van der Waals surface area contributed by atoms with E-state index in [0.717, 1.165) is 24.3 Å². The van der Waals surface area contributed by atoms with Crippen LogP contribution in [-0.4, -0.2) is 22.1 Å². The third kappa shape index (κ3) is 3.82. The molecule has 140 valence electrons. The van der Waals surface area contributed by atoms with Crippen LogP contribution in [0.1, 0.15) is 27.7 Å². The van der Waals surface area contributed by atoms with Crippen molar-refractivity contribution in [1.29, 1.82) is 0 Å². The van der Waals surface area contributed by atoms with E-state index in [4.69, 9.17) is 0 Å². The molecular weight excluding hydrogens is 369 g/mol. The molecule has 1 aliphatic heterocycles. The number of nitrogens with one attached hydrogen (secondary N) is 2. The minimum Gasteiger partial charge on any atom is -0.508 e. The number of aromatic nitrogens is 1. The van der Waals surface area contributed by atoms with Crippen LogP contribution in [0, 0.1) is 5.82 Å². The summed E-state index contributed by atoms with van der Waals surface area (Å²) in [6.07, 6.45) is 1.90. The minimum absolute atomic E-state index is 0. The number of hydrogen-bond donors (Lipinski definition) is 3. The summed E-state index contributed by atoms with van der Waals surface area (Å²) in [5, 5.41) is 15.6. The highest BCUT2D eigenvalue weighted by atomic mass is 35.5. The van der Waals surface area contributed by atoms with Gasteiger partial charge in [-0.05, 0) is 48.0 Å². The second-order valence-electron chi connectivity index (χ2n) is 6.25. The Labute approximate surface area is 162 Å². The molecule has 1 amide bonds. The molecule has 1 aliphatic rings. The molecule has 1 aromatic heterocycles. The lowest BCUT2D eigenvalue weighted by Gasteiger charge is -2.28. The van der Waals surface area contributed by atoms with Crippen molar-refractivity contribution in [3.05, 3.63) is 83.4 Å². The second-order valence-corrected chi connectivity index (χ2v) is 6.25. The van der Waals surface area contributed by atoms with Gasteiger partial charge in [-0.2, -0.15) is 0 Å². The normalized spacial score (nSPS) is 15.5. The van der Waals surface area contributed by atoms with Gasteiger partial charge >= 0.3 is 0 Å². The molecule has 4 rings (SSSR count). The summed E-state index contributed by atoms with van der Waals surface area (Å²) in [6, 6.07) is 14.3. The van der Waals surface area contributed by atoms with Gasteiger partial charge in [0.1, 0.15) is 11.6 Å². The van der Waals surface area contributed by atoms with E-state index in [-0.39, 0.29) is 35.9 Å². The van der Waals surface area contributed by atoms with Gasteiger partial charge in [0, 0.05) is 25.0 Å². The molecule has 2 heterocycles. The maximum atomic E-state index is 13.3. The van der Waals surface area contributed by atoms with E-state index in [2.05, 4.69) is 15.2 Å². The summed E-state index contributed by atoms with van der Waals surface area (Å²) >= 11 is 0. The summed E-state index contributed by atoms with van der Waals surface area (Å²) in [4.78, 5) is 12.8. The van der Waals surface area contributed by atoms with Gasteiger partial charge in [0.25, 0.3) is 5.91 Å². The van der Waals surface area contributed by atoms with Crippen molar-refractivity contribution < 1.29 is 14.3 Å². The highest BCUT2D eigenvalue weighted by Crippen LogP contribution is 2.29. The zero-order valence-corrected chi connectivity index (χ0v) is 15.2. The number of halogens is 2. The first-order valence-electron chi connectivity index (χ1n) is 8.40. The van der Waals surface area contributed by atoms with Crippen molar-refractivity contribution in [3.63, 3.8) is 0 Å². The fourth-order valence-corrected chi connectivity index (χ4v) is 3.29. The predicted molar refractivity (Wildman–Crippen MR) is 104 cm³/mol. The number of phenolic OH excluding ortho intramolecular Hbond substituents is 1. The Kier molecular flexibility index (Phi) is 5.48. The van der Waals surface area contributed by atoms with Crippen LogP contribution in [0.15, 0.2) is 60.8 Å². The molecule has 7 heteroatoms. The first kappa shape index (κ1) is 18.9. The standard InChI is InChI=1S/C20H18FN3O2.ClH/c21-14-3-1-13(2-4-14)18-19-17(9-11-24(19)12-10-22-18)20(26)23-15-5-7-16(25)8-6-15;/h1-9,11,18,22,25H,10,12H2,(H,23,26);1H. The van der Waals surface area contributed by atoms with Crippen molar-refractivity contribution in [2.45, 2.75) is 12.6 Å². The number of amides is 1. The van der Waals surface area contributed by atoms with E-state index >= 15 is 0 Å². The maximum absolute atomic E-state index is 13.3. The number of carbonyl (C=O) groups excluding carboxylic acids is 1. The van der Waals surface area contributed by atoms with Crippen LogP contribution in [0.3, 0.4) is 0 Å². The van der Waals surface area contributed by atoms with Crippen LogP contribution in [0.2, 0.25) is 0 Å². The largest absolute Gasteiger partial charge is 0.508 e. The third-order valence-corrected chi connectivity index (χ3v) is 4.55. The molecule has 0 fully saturated rings. The molecule has 1 unspecified atom stereocenters. The predicted octanol–water partition coefficient (Wildman–Crippen LogP) is 3.70. The SMILES string of the molecule is Cl.O=C(Nc1ccc(O)cc1)c1ccn2c1C(c1ccc(F)cc1)NCC2. The number of fused-ring (bicyclic) bond motifs is 1. The molecule has 0 saturated heterocycles. The molecule has 27 heavy (non-hydrogen) atoms. The van der Waals surface area contributed by atoms with E-state index in [1.165, 1.54) is 24.3 Å². The Morgan fingerprint density at radius 1 is 1.11 bits per heavy atom. The lowest BCUT2D eigenvalue weighted by atomic mass is 9.98. The van der Waals surface area contributed by atoms with E-state index in [9.17, 15) is 14.3 Å². The zero-order valence-electron chi connectivity index (χ0n) is 14.4. The maximum Gasteiger partial charge on any atom is 0.257 e. The first-order valence-corrected chi connectivity index (χ1v) is 8.40. The van der Waals surface area contributed by atoms with Gasteiger partial charge in [-0.15, -0.1) is 12.4 Å². The third-order valence-electron chi connectivity index (χ3n) is 4.55. The number of nitrogens with zero attached hydrogens (tertiary/aromatic N) is 1. The zero-order chi connectivity index (χ0) is 18.1. The van der Waals surface area contributed by atoms with Crippen molar-refractivity contribution in [1.82, 2.24) is 9.88 Å². The average Bonchev–Trinajstić information content (AvgIpc) is 3.09. The van der Waals surface area contributed by atoms with Gasteiger partial charge in [-0.25, -0.2) is 4.39 Å². The molecule has 0 radical (unpaired) electrons. The molecule has 0 spiro atoms. The molecular formula is C20H19ClFN3O2. The number of phenols is 1. The quantitative estimate of drug-likeness (QED) is 0.600. The Hall–Kier alpha value is -2.83. The fraction of sp³-hybridized carbons (Fsp3) is 0.150. The average molecular weight is 388 g/mol. The van der Waals surface area contributed by atoms with Gasteiger partial charge in [-0.1, -0.05) is 12.1 Å². The molecule has 3 aromatic rings. The van der Waals surface area contributed by atoms with Crippen molar-refractivity contribution in [2.24, 2.45) is 0 Å². The van der Waals surface area contributed by atoms with Crippen LogP contribution in [-0.2, 0) is 6.54 Å². The summed E-state index contributed by atoms with van der Waals surface area (Å²) in [7, 11) is 0. The fourth-order valence-electron chi connectivity index (χ4n) is 3.29. The van der Waals surface area contributed by atoms with Crippen LogP contribution >= 0.6 is 12.4 Å². The molecule has 0 aliphatic carbocycles. The summed E-state index contributed by atoms with van der Waals surface area (Å²) in [5.74, 6) is -0.365. The highest BCUT2D eigenvalue weighted by Gasteiger charge is 2.27. The van der Waals surface area contributed by atoms with E-state index in [1.807, 2.05) is 6.20 Å². The Balaban J connectivity index is 0.00000210. The first-order chi connectivity index (χ1) is 12.6. The van der Waals surface area contributed by atoms with Crippen molar-refractivity contribution in [3.8, 4) is 5.75 Å². The Morgan fingerprint density at radius 3 is 2.52 bits per heavy atom. The van der Waals surface area contributed by atoms with Gasteiger partial charge in [0.05, 0.1) is 17.3 Å². The number of benzene rings is 2. The number of aromatic hydroxyl groups is 1. The number of rotatable bonds is 3. The Morgan fingerprint density at radius 2 is 1.81 bits per heavy atom. The van der Waals surface area contributed by atoms with Crippen LogP contribution < -0.4 is 10.6 Å². The summed E-state index contributed by atoms with van der Waals surface area (Å²) in [5.41, 5.74) is 2.94. The molecule has 1 atom stereocenters. The van der Waals surface area contributed by atoms with E-state index < -0.39 is 0 Å². The van der Waals surface area contributed by atoms with Crippen LogP contribution in [0.25, 0.3) is 0 Å². The minimum atomic E-state index is -0.287. The lowest BCUT2D eigenvalue weighted by Crippen LogP contribution is -2.35. The molecule has 2 aromatic carbocycles. The van der Waals surface area contributed by atoms with E-state index in [1.54, 1.807) is 30.3 Å². The van der Waals surface area contributed by atoms with Gasteiger partial charge in [-0.3, -0.25) is 4.79 Å². The summed E-state index contributed by atoms with van der Waals surface area (Å²) < 4.78 is 15.3. The smallest absolute Gasteiger partial charge is 0.257 e. The second kappa shape index (κ2) is 7.82. The summed E-state index contributed by atoms with van der Waals surface area (Å²) in [6.45, 7) is 1.53. The number of hydrogen-bond acceptors (Lipinski definition) is 3. The highest BCUT2D eigenvalue weighted by molar-refractivity contribution is 6.05. The molecule has 3 N–H and O–H groups in total. The van der Waals surface area contributed by atoms with E-state index in [0.29, 0.717) is 11.3 Å². The topological polar surface area (TPSA) is 66.3 Å². The van der Waals surface area contributed by atoms with Crippen molar-refractivity contribution >= 4 is 24.0 Å². The monoisotopic (exact) mass is 387 g/mol. The molecule has 0 bridgehead atoms. The lowest BCUT2D eigenvalue weighted by molar-refractivity contribution is 0.102. The van der Waals surface area contributed by atoms with Gasteiger partial charge < -0.3 is 20.3 Å². The Bertz CT molecular complexity index is 939. The molecule has 0 saturated carbocycles. The van der Waals surface area contributed by atoms with Gasteiger partial charge in [0.2, 0.25) is 0 Å². The number of anilines is 1. The van der Waals surface area contributed by atoms with Gasteiger partial charge in [0.15, 0.2) is 0 Å². The van der Waals surface area contributed by atoms with Crippen molar-refractivity contribution in [2.75, 3.05) is 11.9 Å². The number of carbonyl (C=O) groups is 1. The molecule has 5 nitrogen and oxygen atoms in total. The van der Waals surface area contributed by atoms with Crippen LogP contribution in [0.5, 0.6) is 5.75 Å². The van der Waals surface area contributed by atoms with Crippen LogP contribution in [0.4, 0.5) is 10.1 Å².